The van der Waals surface area contributed by atoms with Gasteiger partial charge in [-0.05, 0) is 51.1 Å². The molecule has 0 radical (unpaired) electrons. The van der Waals surface area contributed by atoms with Crippen LogP contribution < -0.4 is 4.74 Å². The maximum atomic E-state index is 14.4. The van der Waals surface area contributed by atoms with Crippen LogP contribution in [0.5, 0.6) is 11.6 Å². The van der Waals surface area contributed by atoms with E-state index in [-0.39, 0.29) is 25.5 Å². The van der Waals surface area contributed by atoms with Crippen molar-refractivity contribution in [3.8, 4) is 17.3 Å². The zero-order chi connectivity index (χ0) is 29.1. The van der Waals surface area contributed by atoms with Gasteiger partial charge in [-0.15, -0.1) is 0 Å². The predicted molar refractivity (Wildman–Crippen MR) is 154 cm³/mol. The van der Waals surface area contributed by atoms with E-state index >= 15 is 0 Å². The molecule has 0 N–H and O–H groups in total. The molecule has 0 saturated carbocycles. The van der Waals surface area contributed by atoms with Crippen molar-refractivity contribution in [2.45, 2.75) is 32.4 Å². The van der Waals surface area contributed by atoms with E-state index in [1.165, 1.54) is 12.0 Å². The van der Waals surface area contributed by atoms with Crippen LogP contribution in [0.1, 0.15) is 31.1 Å². The summed E-state index contributed by atoms with van der Waals surface area (Å²) in [6.07, 6.45) is -0.631. The number of benzene rings is 3. The van der Waals surface area contributed by atoms with Crippen LogP contribution in [-0.4, -0.2) is 70.7 Å². The monoisotopic (exact) mass is 555 g/mol. The van der Waals surface area contributed by atoms with Crippen LogP contribution >= 0.6 is 0 Å². The van der Waals surface area contributed by atoms with Gasteiger partial charge in [-0.3, -0.25) is 14.3 Å². The molecule has 4 aromatic rings. The molecule has 9 nitrogen and oxygen atoms in total. The molecular weight excluding hydrogens is 522 g/mol. The van der Waals surface area contributed by atoms with E-state index < -0.39 is 23.7 Å². The molecule has 2 heterocycles. The van der Waals surface area contributed by atoms with Crippen LogP contribution in [0.2, 0.25) is 0 Å². The topological polar surface area (TPSA) is 90.3 Å². The van der Waals surface area contributed by atoms with Crippen LogP contribution in [0.15, 0.2) is 84.9 Å². The SMILES string of the molecule is COC(=O)C1CN(C(=O)c2c(Oc3ccccc3)n(-c3ccccc3)c3ccccc23)CCN1C(=O)OC(C)(C)C. The summed E-state index contributed by atoms with van der Waals surface area (Å²) in [5.41, 5.74) is 1.25. The van der Waals surface area contributed by atoms with Crippen LogP contribution in [-0.2, 0) is 14.3 Å². The molecule has 1 aliphatic heterocycles. The van der Waals surface area contributed by atoms with Crippen molar-refractivity contribution in [2.75, 3.05) is 26.7 Å². The van der Waals surface area contributed by atoms with Crippen molar-refractivity contribution >= 4 is 28.9 Å². The summed E-state index contributed by atoms with van der Waals surface area (Å²) in [6, 6.07) is 25.5. The minimum atomic E-state index is -1.02. The molecule has 2 amide bonds. The Kier molecular flexibility index (Phi) is 7.70. The molecule has 1 aromatic heterocycles. The lowest BCUT2D eigenvalue weighted by Crippen LogP contribution is -2.60. The average Bonchev–Trinajstić information content (AvgIpc) is 3.29. The Morgan fingerprint density at radius 1 is 0.829 bits per heavy atom. The number of esters is 1. The summed E-state index contributed by atoms with van der Waals surface area (Å²) < 4.78 is 18.9. The number of hydrogen-bond donors (Lipinski definition) is 0. The average molecular weight is 556 g/mol. The number of amides is 2. The van der Waals surface area contributed by atoms with Crippen LogP contribution in [0.3, 0.4) is 0 Å². The van der Waals surface area contributed by atoms with E-state index in [4.69, 9.17) is 14.2 Å². The molecule has 9 heteroatoms. The minimum Gasteiger partial charge on any atom is -0.467 e. The van der Waals surface area contributed by atoms with Crippen molar-refractivity contribution in [3.05, 3.63) is 90.5 Å². The minimum absolute atomic E-state index is 0.0552. The van der Waals surface area contributed by atoms with E-state index in [0.29, 0.717) is 22.6 Å². The van der Waals surface area contributed by atoms with Gasteiger partial charge in [0.25, 0.3) is 5.91 Å². The summed E-state index contributed by atoms with van der Waals surface area (Å²) in [5.74, 6) is -0.0121. The summed E-state index contributed by atoms with van der Waals surface area (Å²) in [4.78, 5) is 43.0. The highest BCUT2D eigenvalue weighted by Crippen LogP contribution is 2.39. The van der Waals surface area contributed by atoms with Crippen LogP contribution in [0, 0.1) is 0 Å². The van der Waals surface area contributed by atoms with Gasteiger partial charge in [0, 0.05) is 24.2 Å². The molecule has 5 rings (SSSR count). The third kappa shape index (κ3) is 5.75. The zero-order valence-corrected chi connectivity index (χ0v) is 23.6. The Morgan fingerprint density at radius 3 is 2.12 bits per heavy atom. The highest BCUT2D eigenvalue weighted by molar-refractivity contribution is 6.10. The summed E-state index contributed by atoms with van der Waals surface area (Å²) >= 11 is 0. The van der Waals surface area contributed by atoms with Gasteiger partial charge < -0.3 is 19.1 Å². The second kappa shape index (κ2) is 11.4. The number of para-hydroxylation sites is 3. The molecular formula is C32H33N3O6. The standard InChI is InChI=1S/C32H33N3O6/c1-32(2,3)41-31(38)34-20-19-33(21-26(34)30(37)39-4)28(36)27-24-17-11-12-18-25(24)35(22-13-7-5-8-14-22)29(27)40-23-15-9-6-10-16-23/h5-18,26H,19-21H2,1-4H3. The molecule has 0 spiro atoms. The first-order chi connectivity index (χ1) is 19.7. The van der Waals surface area contributed by atoms with E-state index in [9.17, 15) is 14.4 Å². The lowest BCUT2D eigenvalue weighted by Gasteiger charge is -2.40. The van der Waals surface area contributed by atoms with Crippen molar-refractivity contribution in [1.82, 2.24) is 14.4 Å². The molecule has 1 atom stereocenters. The van der Waals surface area contributed by atoms with Crippen molar-refractivity contribution in [1.29, 1.82) is 0 Å². The normalized spacial score (nSPS) is 15.5. The first-order valence-electron chi connectivity index (χ1n) is 13.5. The maximum Gasteiger partial charge on any atom is 0.411 e. The maximum absolute atomic E-state index is 14.4. The molecule has 1 saturated heterocycles. The number of nitrogens with zero attached hydrogens (tertiary/aromatic N) is 3. The predicted octanol–water partition coefficient (Wildman–Crippen LogP) is 5.66. The van der Waals surface area contributed by atoms with Gasteiger partial charge in [-0.2, -0.15) is 0 Å². The Morgan fingerprint density at radius 2 is 1.46 bits per heavy atom. The van der Waals surface area contributed by atoms with Gasteiger partial charge >= 0.3 is 12.1 Å². The molecule has 41 heavy (non-hydrogen) atoms. The third-order valence-electron chi connectivity index (χ3n) is 6.79. The number of fused-ring (bicyclic) bond motifs is 1. The van der Waals surface area contributed by atoms with Crippen LogP contribution in [0.4, 0.5) is 4.79 Å². The summed E-state index contributed by atoms with van der Waals surface area (Å²) in [5, 5.41) is 0.705. The fourth-order valence-corrected chi connectivity index (χ4v) is 4.96. The number of rotatable bonds is 5. The first-order valence-corrected chi connectivity index (χ1v) is 13.5. The molecule has 1 fully saturated rings. The number of carbonyl (C=O) groups is 3. The lowest BCUT2D eigenvalue weighted by molar-refractivity contribution is -0.148. The van der Waals surface area contributed by atoms with E-state index in [1.807, 2.05) is 89.5 Å². The Hall–Kier alpha value is -4.79. The van der Waals surface area contributed by atoms with E-state index in [2.05, 4.69) is 0 Å². The number of aromatic nitrogens is 1. The summed E-state index contributed by atoms with van der Waals surface area (Å²) in [7, 11) is 1.26. The highest BCUT2D eigenvalue weighted by Gasteiger charge is 2.41. The van der Waals surface area contributed by atoms with Gasteiger partial charge in [0.05, 0.1) is 19.2 Å². The smallest absolute Gasteiger partial charge is 0.411 e. The largest absolute Gasteiger partial charge is 0.467 e. The second-order valence-electron chi connectivity index (χ2n) is 10.7. The van der Waals surface area contributed by atoms with Gasteiger partial charge in [0.1, 0.15) is 16.9 Å². The Balaban J connectivity index is 1.58. The Labute approximate surface area is 238 Å². The number of hydrogen-bond acceptors (Lipinski definition) is 6. The molecule has 0 bridgehead atoms. The Bertz CT molecular complexity index is 1560. The van der Waals surface area contributed by atoms with Crippen molar-refractivity contribution in [2.24, 2.45) is 0 Å². The van der Waals surface area contributed by atoms with Crippen molar-refractivity contribution < 1.29 is 28.6 Å². The van der Waals surface area contributed by atoms with Gasteiger partial charge in [-0.1, -0.05) is 54.6 Å². The fraction of sp³-hybridized carbons (Fsp3) is 0.281. The molecule has 1 unspecified atom stereocenters. The first kappa shape index (κ1) is 27.8. The van der Waals surface area contributed by atoms with Crippen LogP contribution in [0.25, 0.3) is 16.6 Å². The molecule has 0 aliphatic carbocycles. The lowest BCUT2D eigenvalue weighted by atomic mass is 10.1. The van der Waals surface area contributed by atoms with Gasteiger partial charge in [0.15, 0.2) is 6.04 Å². The number of ether oxygens (including phenoxy) is 3. The van der Waals surface area contributed by atoms with E-state index in [0.717, 1.165) is 11.2 Å². The van der Waals surface area contributed by atoms with Gasteiger partial charge in [0.2, 0.25) is 5.88 Å². The second-order valence-corrected chi connectivity index (χ2v) is 10.7. The third-order valence-corrected chi connectivity index (χ3v) is 6.79. The highest BCUT2D eigenvalue weighted by atomic mass is 16.6. The fourth-order valence-electron chi connectivity index (χ4n) is 4.96. The molecule has 3 aromatic carbocycles. The zero-order valence-electron chi connectivity index (χ0n) is 23.6. The summed E-state index contributed by atoms with van der Waals surface area (Å²) in [6.45, 7) is 5.52. The quantitative estimate of drug-likeness (QED) is 0.295. The molecule has 1 aliphatic rings. The van der Waals surface area contributed by atoms with E-state index in [1.54, 1.807) is 25.7 Å². The number of carbonyl (C=O) groups excluding carboxylic acids is 3. The molecule has 212 valence electrons. The number of methoxy groups -OCH3 is 1. The number of piperazine rings is 1. The van der Waals surface area contributed by atoms with Gasteiger partial charge in [-0.25, -0.2) is 9.59 Å². The van der Waals surface area contributed by atoms with Crippen molar-refractivity contribution in [3.63, 3.8) is 0 Å².